The van der Waals surface area contributed by atoms with Gasteiger partial charge in [0.25, 0.3) is 5.91 Å². The molecule has 1 saturated heterocycles. The molecular weight excluding hydrogens is 346 g/mol. The number of H-pyrrole nitrogens is 1. The number of fused-ring (bicyclic) bond motifs is 1. The highest BCUT2D eigenvalue weighted by atomic mass is 16.5. The SMILES string of the molecule is CN(C[C@@H]1OCCN(C)[C@H]1c1cnn(C)c1)C(=O)c1cc2c([nH]1)CCOC2. The van der Waals surface area contributed by atoms with Crippen LogP contribution in [-0.2, 0) is 29.5 Å². The van der Waals surface area contributed by atoms with E-state index in [2.05, 4.69) is 22.0 Å². The summed E-state index contributed by atoms with van der Waals surface area (Å²) < 4.78 is 13.3. The molecule has 0 bridgehead atoms. The van der Waals surface area contributed by atoms with E-state index in [0.29, 0.717) is 32.1 Å². The number of ether oxygens (including phenoxy) is 2. The number of aromatic amines is 1. The topological polar surface area (TPSA) is 75.6 Å². The summed E-state index contributed by atoms with van der Waals surface area (Å²) in [6.07, 6.45) is 4.62. The number of aromatic nitrogens is 3. The molecule has 8 heteroatoms. The Bertz CT molecular complexity index is 791. The van der Waals surface area contributed by atoms with Gasteiger partial charge in [-0.15, -0.1) is 0 Å². The highest BCUT2D eigenvalue weighted by molar-refractivity contribution is 5.92. The molecule has 0 aliphatic carbocycles. The first-order chi connectivity index (χ1) is 13.0. The lowest BCUT2D eigenvalue weighted by Crippen LogP contribution is -2.48. The number of rotatable bonds is 4. The van der Waals surface area contributed by atoms with Crippen LogP contribution in [0.15, 0.2) is 18.5 Å². The van der Waals surface area contributed by atoms with E-state index in [1.807, 2.05) is 32.6 Å². The average molecular weight is 373 g/mol. The van der Waals surface area contributed by atoms with Crippen LogP contribution in [0.25, 0.3) is 0 Å². The number of nitrogens with one attached hydrogen (secondary N) is 1. The van der Waals surface area contributed by atoms with Gasteiger partial charge in [0.1, 0.15) is 5.69 Å². The summed E-state index contributed by atoms with van der Waals surface area (Å²) in [5.41, 5.74) is 3.92. The van der Waals surface area contributed by atoms with E-state index in [-0.39, 0.29) is 18.1 Å². The van der Waals surface area contributed by atoms with Gasteiger partial charge in [0.05, 0.1) is 38.2 Å². The zero-order valence-electron chi connectivity index (χ0n) is 16.1. The van der Waals surface area contributed by atoms with Gasteiger partial charge in [-0.25, -0.2) is 0 Å². The lowest BCUT2D eigenvalue weighted by molar-refractivity contribution is -0.0708. The molecule has 1 amide bonds. The molecule has 4 heterocycles. The monoisotopic (exact) mass is 373 g/mol. The third kappa shape index (κ3) is 3.65. The van der Waals surface area contributed by atoms with Crippen molar-refractivity contribution in [1.29, 1.82) is 0 Å². The lowest BCUT2D eigenvalue weighted by atomic mass is 10.0. The van der Waals surface area contributed by atoms with Crippen molar-refractivity contribution in [2.75, 3.05) is 40.4 Å². The molecule has 2 atom stereocenters. The van der Waals surface area contributed by atoms with E-state index >= 15 is 0 Å². The maximum atomic E-state index is 12.9. The maximum Gasteiger partial charge on any atom is 0.270 e. The van der Waals surface area contributed by atoms with Gasteiger partial charge < -0.3 is 19.4 Å². The van der Waals surface area contributed by atoms with Crippen LogP contribution < -0.4 is 0 Å². The Labute approximate surface area is 159 Å². The number of carbonyl (C=O) groups is 1. The number of morpholine rings is 1. The molecule has 2 aromatic heterocycles. The molecule has 0 saturated carbocycles. The second kappa shape index (κ2) is 7.46. The van der Waals surface area contributed by atoms with Crippen LogP contribution in [-0.4, -0.2) is 77.0 Å². The number of hydrogen-bond acceptors (Lipinski definition) is 5. The van der Waals surface area contributed by atoms with Gasteiger partial charge in [-0.2, -0.15) is 5.10 Å². The Kier molecular flexibility index (Phi) is 5.03. The van der Waals surface area contributed by atoms with Crippen LogP contribution in [0.4, 0.5) is 0 Å². The molecule has 1 fully saturated rings. The van der Waals surface area contributed by atoms with Gasteiger partial charge in [0.15, 0.2) is 0 Å². The van der Waals surface area contributed by atoms with Crippen molar-refractivity contribution >= 4 is 5.91 Å². The largest absolute Gasteiger partial charge is 0.376 e. The fourth-order valence-electron chi connectivity index (χ4n) is 4.00. The number of carbonyl (C=O) groups excluding carboxylic acids is 1. The van der Waals surface area contributed by atoms with Crippen LogP contribution in [0.1, 0.15) is 33.4 Å². The summed E-state index contributed by atoms with van der Waals surface area (Å²) >= 11 is 0. The summed E-state index contributed by atoms with van der Waals surface area (Å²) in [4.78, 5) is 20.2. The predicted octanol–water partition coefficient (Wildman–Crippen LogP) is 0.965. The molecule has 2 aromatic rings. The first kappa shape index (κ1) is 18.2. The molecular formula is C19H27N5O3. The summed E-state index contributed by atoms with van der Waals surface area (Å²) in [6, 6.07) is 1.99. The van der Waals surface area contributed by atoms with Crippen molar-refractivity contribution in [3.8, 4) is 0 Å². The molecule has 4 rings (SSSR count). The lowest BCUT2D eigenvalue weighted by Gasteiger charge is -2.40. The minimum Gasteiger partial charge on any atom is -0.376 e. The highest BCUT2D eigenvalue weighted by Crippen LogP contribution is 2.29. The fraction of sp³-hybridized carbons (Fsp3) is 0.579. The second-order valence-corrected chi connectivity index (χ2v) is 7.46. The van der Waals surface area contributed by atoms with Crippen molar-refractivity contribution in [1.82, 2.24) is 24.6 Å². The Hall–Kier alpha value is -2.16. The second-order valence-electron chi connectivity index (χ2n) is 7.46. The quantitative estimate of drug-likeness (QED) is 0.864. The van der Waals surface area contributed by atoms with E-state index in [0.717, 1.165) is 29.8 Å². The van der Waals surface area contributed by atoms with Crippen LogP contribution in [0.3, 0.4) is 0 Å². The van der Waals surface area contributed by atoms with Crippen LogP contribution in [0.5, 0.6) is 0 Å². The van der Waals surface area contributed by atoms with Gasteiger partial charge in [0.2, 0.25) is 0 Å². The molecule has 2 aliphatic heterocycles. The Balaban J connectivity index is 1.49. The molecule has 2 aliphatic rings. The Morgan fingerprint density at radius 2 is 2.26 bits per heavy atom. The van der Waals surface area contributed by atoms with Gasteiger partial charge in [-0.1, -0.05) is 0 Å². The zero-order valence-corrected chi connectivity index (χ0v) is 16.1. The van der Waals surface area contributed by atoms with E-state index in [9.17, 15) is 4.79 Å². The Morgan fingerprint density at radius 1 is 1.41 bits per heavy atom. The molecule has 0 unspecified atom stereocenters. The average Bonchev–Trinajstić information content (AvgIpc) is 3.27. The van der Waals surface area contributed by atoms with E-state index < -0.39 is 0 Å². The van der Waals surface area contributed by atoms with E-state index in [1.54, 1.807) is 9.58 Å². The van der Waals surface area contributed by atoms with Crippen molar-refractivity contribution in [3.05, 3.63) is 41.0 Å². The molecule has 0 spiro atoms. The third-order valence-corrected chi connectivity index (χ3v) is 5.45. The van der Waals surface area contributed by atoms with Crippen molar-refractivity contribution < 1.29 is 14.3 Å². The van der Waals surface area contributed by atoms with Crippen molar-refractivity contribution in [2.24, 2.45) is 7.05 Å². The van der Waals surface area contributed by atoms with Crippen molar-refractivity contribution in [3.63, 3.8) is 0 Å². The van der Waals surface area contributed by atoms with Crippen LogP contribution >= 0.6 is 0 Å². The third-order valence-electron chi connectivity index (χ3n) is 5.45. The first-order valence-electron chi connectivity index (χ1n) is 9.37. The van der Waals surface area contributed by atoms with Crippen LogP contribution in [0, 0.1) is 0 Å². The molecule has 1 N–H and O–H groups in total. The van der Waals surface area contributed by atoms with Gasteiger partial charge in [-0.05, 0) is 18.7 Å². The fourth-order valence-corrected chi connectivity index (χ4v) is 4.00. The minimum absolute atomic E-state index is 0.0221. The Morgan fingerprint density at radius 3 is 3.00 bits per heavy atom. The summed E-state index contributed by atoms with van der Waals surface area (Å²) in [7, 11) is 5.83. The van der Waals surface area contributed by atoms with Gasteiger partial charge in [0, 0.05) is 51.1 Å². The van der Waals surface area contributed by atoms with E-state index in [1.165, 1.54) is 0 Å². The standard InChI is InChI=1S/C19H27N5O3/c1-22-5-7-27-17(18(22)14-9-20-24(3)10-14)11-23(2)19(25)16-8-13-12-26-6-4-15(13)21-16/h8-10,17-18,21H,4-7,11-12H2,1-3H3/t17-,18-/m0/s1. The van der Waals surface area contributed by atoms with Gasteiger partial charge >= 0.3 is 0 Å². The van der Waals surface area contributed by atoms with Crippen LogP contribution in [0.2, 0.25) is 0 Å². The number of nitrogens with zero attached hydrogens (tertiary/aromatic N) is 4. The summed E-state index contributed by atoms with van der Waals surface area (Å²) in [5, 5.41) is 4.30. The zero-order chi connectivity index (χ0) is 19.0. The predicted molar refractivity (Wildman–Crippen MR) is 99.4 cm³/mol. The van der Waals surface area contributed by atoms with E-state index in [4.69, 9.17) is 9.47 Å². The first-order valence-corrected chi connectivity index (χ1v) is 9.37. The van der Waals surface area contributed by atoms with Crippen molar-refractivity contribution in [2.45, 2.75) is 25.2 Å². The molecule has 146 valence electrons. The summed E-state index contributed by atoms with van der Waals surface area (Å²) in [6.45, 7) is 3.31. The number of hydrogen-bond donors (Lipinski definition) is 1. The molecule has 0 radical (unpaired) electrons. The van der Waals surface area contributed by atoms with Gasteiger partial charge in [-0.3, -0.25) is 14.4 Å². The maximum absolute atomic E-state index is 12.9. The number of likely N-dealkylation sites (N-methyl/N-ethyl adjacent to an activating group) is 2. The number of amides is 1. The highest BCUT2D eigenvalue weighted by Gasteiger charge is 2.34. The number of aryl methyl sites for hydroxylation is 1. The molecule has 0 aromatic carbocycles. The molecule has 8 nitrogen and oxygen atoms in total. The normalized spacial score (nSPS) is 23.2. The minimum atomic E-state index is -0.102. The smallest absolute Gasteiger partial charge is 0.270 e. The molecule has 27 heavy (non-hydrogen) atoms. The summed E-state index contributed by atoms with van der Waals surface area (Å²) in [5.74, 6) is -0.0221.